The molecule has 0 saturated carbocycles. The van der Waals surface area contributed by atoms with Crippen molar-refractivity contribution < 1.29 is 56.6 Å². The maximum absolute atomic E-state index is 12.7. The molecule has 0 amide bonds. The first kappa shape index (κ1) is 51.4. The zero-order chi connectivity index (χ0) is 41.5. The van der Waals surface area contributed by atoms with E-state index < -0.39 is 72.3 Å². The molecular weight excluding hydrogens is 894 g/mol. The van der Waals surface area contributed by atoms with Crippen LogP contribution in [0.3, 0.4) is 0 Å². The summed E-state index contributed by atoms with van der Waals surface area (Å²) in [5, 5.41) is 26.6. The molecule has 0 spiro atoms. The number of rotatable bonds is 11. The summed E-state index contributed by atoms with van der Waals surface area (Å²) in [6, 6.07) is 23.8. The normalized spacial score (nSPS) is 12.2. The Labute approximate surface area is 411 Å². The topological polar surface area (TPSA) is 276 Å². The molecule has 0 aliphatic carbocycles. The van der Waals surface area contributed by atoms with Crippen molar-refractivity contribution in [1.29, 1.82) is 0 Å². The van der Waals surface area contributed by atoms with Crippen LogP contribution in [0, 0.1) is 13.8 Å². The zero-order valence-corrected chi connectivity index (χ0v) is 41.5. The number of hydrogen-bond acceptors (Lipinski definition) is 14. The van der Waals surface area contributed by atoms with Gasteiger partial charge in [-0.3, -0.25) is 13.7 Å². The minimum atomic E-state index is -5.14. The smallest absolute Gasteiger partial charge is 0.339 e. The van der Waals surface area contributed by atoms with Crippen LogP contribution in [0.5, 0.6) is 11.5 Å². The van der Waals surface area contributed by atoms with Gasteiger partial charge in [0.05, 0.1) is 11.4 Å². The summed E-state index contributed by atoms with van der Waals surface area (Å²) in [6.07, 6.45) is 0. The molecule has 0 saturated heterocycles. The maximum atomic E-state index is 12.7. The van der Waals surface area contributed by atoms with E-state index in [4.69, 9.17) is 4.18 Å². The van der Waals surface area contributed by atoms with Crippen LogP contribution in [0.4, 0.5) is 22.7 Å². The first-order chi connectivity index (χ1) is 26.6. The standard InChI is InChI=1S/C36H28N4O13S4.3Na/c1-21-17-29(33(55(45,46)47)19-30(21)38-37-24-12-14-25(15-13-24)53-57(51,52)26-8-4-3-5-9-26)23-16-22(2)35(34(18-23)56(48,49)50)40-39-31-20-32(54(42,43)44)27-10-6-7-11-28(27)36(31)41;;;/h3-20,41H,1-2H3,(H,42,43,44)(H,45,46,47)(H,48,49,50);;;. The van der Waals surface area contributed by atoms with E-state index >= 15 is 0 Å². The second kappa shape index (κ2) is 20.1. The number of phenolic OH excluding ortho intramolecular Hbond substituents is 1. The maximum Gasteiger partial charge on any atom is 0.339 e. The fourth-order valence-corrected chi connectivity index (χ4v) is 8.70. The largest absolute Gasteiger partial charge is 0.505 e. The van der Waals surface area contributed by atoms with Crippen LogP contribution < -0.4 is 4.18 Å². The molecule has 0 aliphatic heterocycles. The third kappa shape index (κ3) is 11.7. The number of azo groups is 2. The number of nitrogens with zero attached hydrogens (tertiary/aromatic N) is 4. The first-order valence-electron chi connectivity index (χ1n) is 16.0. The molecular formula is C36H28N4Na3O13S4. The molecule has 0 unspecified atom stereocenters. The third-order valence-electron chi connectivity index (χ3n) is 8.27. The zero-order valence-electron chi connectivity index (χ0n) is 32.3. The quantitative estimate of drug-likeness (QED) is 0.0440. The molecule has 0 heterocycles. The Morgan fingerprint density at radius 2 is 1.05 bits per heavy atom. The van der Waals surface area contributed by atoms with Crippen LogP contribution >= 0.6 is 0 Å². The Morgan fingerprint density at radius 1 is 0.517 bits per heavy atom. The van der Waals surface area contributed by atoms with Gasteiger partial charge in [-0.25, -0.2) is 0 Å². The van der Waals surface area contributed by atoms with Crippen molar-refractivity contribution in [2.24, 2.45) is 20.5 Å². The van der Waals surface area contributed by atoms with Gasteiger partial charge >= 0.3 is 10.1 Å². The Bertz CT molecular complexity index is 3120. The van der Waals surface area contributed by atoms with E-state index in [9.17, 15) is 52.4 Å². The van der Waals surface area contributed by atoms with Crippen molar-refractivity contribution in [1.82, 2.24) is 0 Å². The molecule has 4 N–H and O–H groups in total. The molecule has 6 rings (SSSR count). The van der Waals surface area contributed by atoms with Crippen LogP contribution in [-0.4, -0.2) is 141 Å². The van der Waals surface area contributed by atoms with Gasteiger partial charge in [-0.15, -0.1) is 10.2 Å². The van der Waals surface area contributed by atoms with Crippen molar-refractivity contribution in [3.05, 3.63) is 120 Å². The van der Waals surface area contributed by atoms with Crippen LogP contribution in [-0.2, 0) is 40.5 Å². The van der Waals surface area contributed by atoms with Gasteiger partial charge < -0.3 is 9.29 Å². The fourth-order valence-electron chi connectivity index (χ4n) is 5.60. The summed E-state index contributed by atoms with van der Waals surface area (Å²) in [4.78, 5) is -2.26. The van der Waals surface area contributed by atoms with Crippen LogP contribution in [0.15, 0.2) is 149 Å². The average molecular weight is 922 g/mol. The van der Waals surface area contributed by atoms with Crippen molar-refractivity contribution in [3.8, 4) is 22.6 Å². The Balaban J connectivity index is 0.00000320. The fraction of sp³-hybridized carbons (Fsp3) is 0.0556. The minimum absolute atomic E-state index is 0. The predicted molar refractivity (Wildman–Crippen MR) is 223 cm³/mol. The number of aryl methyl sites for hydroxylation is 2. The van der Waals surface area contributed by atoms with Crippen LogP contribution in [0.1, 0.15) is 11.1 Å². The summed E-state index contributed by atoms with van der Waals surface area (Å²) in [7, 11) is -19.1. The summed E-state index contributed by atoms with van der Waals surface area (Å²) < 4.78 is 135. The molecule has 0 aromatic heterocycles. The SMILES string of the molecule is Cc1cc(-c2cc(C)c(N=Nc3cc(S(=O)(=O)O)c4ccccc4c3O)c(S(=O)(=O)O)c2)c(S(=O)(=O)O)cc1N=Nc1ccc(OS(=O)(=O)c2ccccc2)cc1.[Na].[Na].[Na]. The molecule has 0 bridgehead atoms. The van der Waals surface area contributed by atoms with Crippen molar-refractivity contribution in [2.45, 2.75) is 33.4 Å². The molecule has 6 aromatic rings. The molecule has 60 heavy (non-hydrogen) atoms. The average Bonchev–Trinajstić information content (AvgIpc) is 3.13. The second-order valence-electron chi connectivity index (χ2n) is 12.2. The number of hydrogen-bond donors (Lipinski definition) is 4. The van der Waals surface area contributed by atoms with Crippen LogP contribution in [0.2, 0.25) is 0 Å². The molecule has 0 aliphatic rings. The van der Waals surface area contributed by atoms with Gasteiger partial charge in [-0.2, -0.15) is 43.9 Å². The number of aromatic hydroxyl groups is 1. The first-order valence-corrected chi connectivity index (χ1v) is 21.8. The Hall–Kier alpha value is -2.94. The van der Waals surface area contributed by atoms with Gasteiger partial charge in [0.1, 0.15) is 36.7 Å². The van der Waals surface area contributed by atoms with Gasteiger partial charge in [-0.05, 0) is 97.3 Å². The molecule has 24 heteroatoms. The van der Waals surface area contributed by atoms with E-state index in [2.05, 4.69) is 20.5 Å². The molecule has 0 atom stereocenters. The van der Waals surface area contributed by atoms with E-state index in [0.717, 1.165) is 18.2 Å². The van der Waals surface area contributed by atoms with E-state index in [-0.39, 0.29) is 138 Å². The summed E-state index contributed by atoms with van der Waals surface area (Å²) >= 11 is 0. The van der Waals surface area contributed by atoms with Crippen molar-refractivity contribution >= 4 is 163 Å². The van der Waals surface area contributed by atoms with Gasteiger partial charge in [0.25, 0.3) is 30.4 Å². The van der Waals surface area contributed by atoms with Gasteiger partial charge in [-0.1, -0.05) is 42.5 Å². The van der Waals surface area contributed by atoms with Crippen molar-refractivity contribution in [3.63, 3.8) is 0 Å². The van der Waals surface area contributed by atoms with E-state index in [1.807, 2.05) is 0 Å². The van der Waals surface area contributed by atoms with Crippen molar-refractivity contribution in [2.75, 3.05) is 0 Å². The van der Waals surface area contributed by atoms with E-state index in [1.165, 1.54) is 86.6 Å². The number of benzene rings is 6. The summed E-state index contributed by atoms with van der Waals surface area (Å²) in [5.74, 6) is -0.576. The third-order valence-corrected chi connectivity index (χ3v) is 12.2. The van der Waals surface area contributed by atoms with E-state index in [1.54, 1.807) is 18.2 Å². The molecule has 6 aromatic carbocycles. The predicted octanol–water partition coefficient (Wildman–Crippen LogP) is 7.03. The molecule has 0 fully saturated rings. The molecule has 297 valence electrons. The molecule has 3 radical (unpaired) electrons. The Kier molecular flexibility index (Phi) is 17.2. The summed E-state index contributed by atoms with van der Waals surface area (Å²) in [6.45, 7) is 2.86. The minimum Gasteiger partial charge on any atom is -0.505 e. The number of fused-ring (bicyclic) bond motifs is 1. The van der Waals surface area contributed by atoms with Gasteiger partial charge in [0.15, 0.2) is 5.75 Å². The molecule has 17 nitrogen and oxygen atoms in total. The number of phenols is 1. The second-order valence-corrected chi connectivity index (χ2v) is 17.9. The monoisotopic (exact) mass is 921 g/mol. The summed E-state index contributed by atoms with van der Waals surface area (Å²) in [5.41, 5.74) is -0.835. The van der Waals surface area contributed by atoms with Gasteiger partial charge in [0.2, 0.25) is 0 Å². The van der Waals surface area contributed by atoms with Crippen LogP contribution in [0.25, 0.3) is 21.9 Å². The van der Waals surface area contributed by atoms with E-state index in [0.29, 0.717) is 5.56 Å². The Morgan fingerprint density at radius 3 is 1.63 bits per heavy atom. The van der Waals surface area contributed by atoms with Gasteiger partial charge in [0, 0.05) is 105 Å².